The predicted octanol–water partition coefficient (Wildman–Crippen LogP) is 2.15. The lowest BCUT2D eigenvalue weighted by atomic mass is 10.2. The minimum absolute atomic E-state index is 0.108. The smallest absolute Gasteiger partial charge is 0.124 e. The van der Waals surface area contributed by atoms with Gasteiger partial charge in [0.25, 0.3) is 0 Å². The Hall–Kier alpha value is -1.73. The SMILES string of the molecule is Cc1ccc(S(=O)(=O)[O-])cc1.O[C@@H]1CCN(Cc2ccccc2)C1. The zero-order valence-corrected chi connectivity index (χ0v) is 14.4. The molecule has 6 heteroatoms. The molecule has 0 radical (unpaired) electrons. The van der Waals surface area contributed by atoms with Crippen LogP contribution in [-0.2, 0) is 16.7 Å². The molecule has 0 spiro atoms. The third kappa shape index (κ3) is 6.05. The van der Waals surface area contributed by atoms with Crippen LogP contribution in [0.2, 0.25) is 0 Å². The highest BCUT2D eigenvalue weighted by atomic mass is 32.2. The molecule has 0 saturated carbocycles. The van der Waals surface area contributed by atoms with E-state index < -0.39 is 10.1 Å². The first-order valence-corrected chi connectivity index (χ1v) is 9.22. The number of aliphatic hydroxyl groups excluding tert-OH is 1. The Morgan fingerprint density at radius 3 is 2.25 bits per heavy atom. The van der Waals surface area contributed by atoms with Gasteiger partial charge in [-0.25, -0.2) is 8.42 Å². The fourth-order valence-electron chi connectivity index (χ4n) is 2.50. The first-order valence-electron chi connectivity index (χ1n) is 7.81. The third-order valence-corrected chi connectivity index (χ3v) is 4.66. The highest BCUT2D eigenvalue weighted by Gasteiger charge is 2.19. The Bertz CT molecular complexity index is 729. The summed E-state index contributed by atoms with van der Waals surface area (Å²) in [6, 6.07) is 16.2. The fraction of sp³-hybridized carbons (Fsp3) is 0.333. The van der Waals surface area contributed by atoms with E-state index in [0.717, 1.165) is 31.6 Å². The molecular weight excluding hydrogens is 326 g/mol. The van der Waals surface area contributed by atoms with Gasteiger partial charge in [0.15, 0.2) is 0 Å². The summed E-state index contributed by atoms with van der Waals surface area (Å²) in [6.45, 7) is 4.64. The van der Waals surface area contributed by atoms with Crippen LogP contribution in [0.4, 0.5) is 0 Å². The number of β-amino-alcohol motifs (C(OH)–C–C–N with tert-alkyl or cyclic N) is 1. The van der Waals surface area contributed by atoms with Crippen molar-refractivity contribution in [1.29, 1.82) is 0 Å². The van der Waals surface area contributed by atoms with Crippen LogP contribution in [0, 0.1) is 6.92 Å². The average Bonchev–Trinajstić information content (AvgIpc) is 2.93. The van der Waals surface area contributed by atoms with Crippen molar-refractivity contribution < 1.29 is 18.1 Å². The molecule has 5 nitrogen and oxygen atoms in total. The summed E-state index contributed by atoms with van der Waals surface area (Å²) in [5.41, 5.74) is 2.26. The molecule has 0 amide bonds. The second-order valence-electron chi connectivity index (χ2n) is 5.93. The zero-order chi connectivity index (χ0) is 17.6. The Balaban J connectivity index is 0.000000177. The number of aryl methyl sites for hydroxylation is 1. The fourth-order valence-corrected chi connectivity index (χ4v) is 2.97. The predicted molar refractivity (Wildman–Crippen MR) is 91.5 cm³/mol. The van der Waals surface area contributed by atoms with Crippen LogP contribution >= 0.6 is 0 Å². The van der Waals surface area contributed by atoms with Crippen molar-refractivity contribution in [2.24, 2.45) is 0 Å². The molecule has 0 unspecified atom stereocenters. The molecule has 0 bridgehead atoms. The topological polar surface area (TPSA) is 80.7 Å². The van der Waals surface area contributed by atoms with Crippen molar-refractivity contribution in [3.63, 3.8) is 0 Å². The molecule has 1 aliphatic heterocycles. The van der Waals surface area contributed by atoms with E-state index >= 15 is 0 Å². The number of hydrogen-bond donors (Lipinski definition) is 1. The van der Waals surface area contributed by atoms with E-state index in [1.807, 2.05) is 13.0 Å². The molecule has 1 fully saturated rings. The van der Waals surface area contributed by atoms with Gasteiger partial charge >= 0.3 is 0 Å². The van der Waals surface area contributed by atoms with E-state index in [0.29, 0.717) is 0 Å². The van der Waals surface area contributed by atoms with Crippen LogP contribution in [0.25, 0.3) is 0 Å². The number of hydrogen-bond acceptors (Lipinski definition) is 5. The van der Waals surface area contributed by atoms with Gasteiger partial charge in [-0.05, 0) is 31.0 Å². The van der Waals surface area contributed by atoms with Gasteiger partial charge in [-0.1, -0.05) is 48.0 Å². The standard InChI is InChI=1S/C11H15NO.C7H8O3S/c13-11-6-7-12(9-11)8-10-4-2-1-3-5-10;1-6-2-4-7(5-3-6)11(8,9)10/h1-5,11,13H,6-9H2;2-5H,1H3,(H,8,9,10)/p-1/t11-;/m1./s1. The van der Waals surface area contributed by atoms with Gasteiger partial charge in [-0.3, -0.25) is 4.90 Å². The average molecular weight is 348 g/mol. The van der Waals surface area contributed by atoms with Crippen LogP contribution in [-0.4, -0.2) is 42.2 Å². The highest BCUT2D eigenvalue weighted by Crippen LogP contribution is 2.12. The molecule has 130 valence electrons. The Kier molecular flexibility index (Phi) is 6.51. The van der Waals surface area contributed by atoms with E-state index in [1.165, 1.54) is 17.7 Å². The Labute approximate surface area is 143 Å². The van der Waals surface area contributed by atoms with Crippen LogP contribution in [0.5, 0.6) is 0 Å². The monoisotopic (exact) mass is 348 g/mol. The summed E-state index contributed by atoms with van der Waals surface area (Å²) in [4.78, 5) is 2.11. The van der Waals surface area contributed by atoms with Gasteiger partial charge in [-0.15, -0.1) is 0 Å². The summed E-state index contributed by atoms with van der Waals surface area (Å²) >= 11 is 0. The van der Waals surface area contributed by atoms with Crippen molar-refractivity contribution in [3.8, 4) is 0 Å². The van der Waals surface area contributed by atoms with Crippen molar-refractivity contribution in [3.05, 3.63) is 65.7 Å². The maximum atomic E-state index is 10.4. The maximum absolute atomic E-state index is 10.4. The molecule has 1 saturated heterocycles. The maximum Gasteiger partial charge on any atom is 0.124 e. The van der Waals surface area contributed by atoms with Gasteiger partial charge in [0, 0.05) is 19.6 Å². The Morgan fingerprint density at radius 1 is 1.12 bits per heavy atom. The van der Waals surface area contributed by atoms with Crippen LogP contribution in [0.3, 0.4) is 0 Å². The number of aliphatic hydroxyl groups is 1. The second-order valence-corrected chi connectivity index (χ2v) is 7.31. The molecule has 1 atom stereocenters. The molecule has 24 heavy (non-hydrogen) atoms. The van der Waals surface area contributed by atoms with E-state index in [2.05, 4.69) is 29.2 Å². The lowest BCUT2D eigenvalue weighted by Gasteiger charge is -2.14. The van der Waals surface area contributed by atoms with Gasteiger partial charge in [0.05, 0.1) is 11.0 Å². The van der Waals surface area contributed by atoms with Crippen LogP contribution < -0.4 is 0 Å². The summed E-state index contributed by atoms with van der Waals surface area (Å²) in [5, 5.41) is 9.34. The van der Waals surface area contributed by atoms with Gasteiger partial charge < -0.3 is 9.66 Å². The molecule has 1 heterocycles. The first kappa shape index (κ1) is 18.6. The lowest BCUT2D eigenvalue weighted by Crippen LogP contribution is -2.21. The van der Waals surface area contributed by atoms with E-state index in [9.17, 15) is 18.1 Å². The van der Waals surface area contributed by atoms with Crippen LogP contribution in [0.15, 0.2) is 59.5 Å². The van der Waals surface area contributed by atoms with Crippen LogP contribution in [0.1, 0.15) is 17.5 Å². The molecule has 3 rings (SSSR count). The minimum atomic E-state index is -4.27. The molecule has 2 aromatic carbocycles. The molecular formula is C18H22NO4S-. The number of nitrogens with zero attached hydrogens (tertiary/aromatic N) is 1. The minimum Gasteiger partial charge on any atom is -0.744 e. The van der Waals surface area contributed by atoms with Gasteiger partial charge in [0.1, 0.15) is 10.1 Å². The summed E-state index contributed by atoms with van der Waals surface area (Å²) in [5.74, 6) is 0. The quantitative estimate of drug-likeness (QED) is 0.860. The normalized spacial score (nSPS) is 18.0. The van der Waals surface area contributed by atoms with E-state index in [4.69, 9.17) is 0 Å². The van der Waals surface area contributed by atoms with E-state index in [-0.39, 0.29) is 11.0 Å². The number of rotatable bonds is 3. The van der Waals surface area contributed by atoms with Crippen molar-refractivity contribution in [2.75, 3.05) is 13.1 Å². The summed E-state index contributed by atoms with van der Waals surface area (Å²) < 4.78 is 31.2. The molecule has 1 N–H and O–H groups in total. The Morgan fingerprint density at radius 2 is 1.75 bits per heavy atom. The van der Waals surface area contributed by atoms with Crippen molar-refractivity contribution >= 4 is 10.1 Å². The second kappa shape index (κ2) is 8.39. The summed E-state index contributed by atoms with van der Waals surface area (Å²) in [7, 11) is -4.27. The molecule has 0 aromatic heterocycles. The van der Waals surface area contributed by atoms with Gasteiger partial charge in [-0.2, -0.15) is 0 Å². The lowest BCUT2D eigenvalue weighted by molar-refractivity contribution is 0.175. The zero-order valence-electron chi connectivity index (χ0n) is 13.6. The number of benzene rings is 2. The third-order valence-electron chi connectivity index (χ3n) is 3.81. The molecule has 0 aliphatic carbocycles. The van der Waals surface area contributed by atoms with E-state index in [1.54, 1.807) is 12.1 Å². The summed E-state index contributed by atoms with van der Waals surface area (Å²) in [6.07, 6.45) is 0.816. The molecule has 1 aliphatic rings. The molecule has 2 aromatic rings. The van der Waals surface area contributed by atoms with Crippen molar-refractivity contribution in [1.82, 2.24) is 4.90 Å². The number of likely N-dealkylation sites (tertiary alicyclic amines) is 1. The first-order chi connectivity index (χ1) is 11.3. The van der Waals surface area contributed by atoms with Crippen molar-refractivity contribution in [2.45, 2.75) is 30.9 Å². The van der Waals surface area contributed by atoms with Gasteiger partial charge in [0.2, 0.25) is 0 Å². The highest BCUT2D eigenvalue weighted by molar-refractivity contribution is 7.85. The largest absolute Gasteiger partial charge is 0.744 e.